The largest absolute Gasteiger partial charge is 0.316 e. The third-order valence-electron chi connectivity index (χ3n) is 3.29. The van der Waals surface area contributed by atoms with Crippen molar-refractivity contribution in [3.05, 3.63) is 29.3 Å². The van der Waals surface area contributed by atoms with Gasteiger partial charge in [-0.15, -0.1) is 11.8 Å². The SMILES string of the molecule is CNC(CCC1CC1)CSc1ccc(Cl)cc1. The lowest BCUT2D eigenvalue weighted by Crippen LogP contribution is -2.27. The van der Waals surface area contributed by atoms with Crippen LogP contribution in [0.1, 0.15) is 25.7 Å². The zero-order valence-electron chi connectivity index (χ0n) is 10.3. The normalized spacial score (nSPS) is 17.1. The topological polar surface area (TPSA) is 12.0 Å². The molecule has 2 rings (SSSR count). The number of halogens is 1. The van der Waals surface area contributed by atoms with Gasteiger partial charge in [-0.3, -0.25) is 0 Å². The zero-order chi connectivity index (χ0) is 12.1. The average Bonchev–Trinajstić information content (AvgIpc) is 3.15. The Balaban J connectivity index is 1.72. The zero-order valence-corrected chi connectivity index (χ0v) is 11.9. The van der Waals surface area contributed by atoms with Gasteiger partial charge in [0.05, 0.1) is 0 Å². The van der Waals surface area contributed by atoms with Crippen LogP contribution in [0.5, 0.6) is 0 Å². The average molecular weight is 270 g/mol. The molecule has 0 aliphatic heterocycles. The lowest BCUT2D eigenvalue weighted by atomic mass is 10.1. The van der Waals surface area contributed by atoms with E-state index in [1.807, 2.05) is 23.9 Å². The number of hydrogen-bond donors (Lipinski definition) is 1. The third kappa shape index (κ3) is 4.90. The molecule has 0 aromatic heterocycles. The minimum Gasteiger partial charge on any atom is -0.316 e. The van der Waals surface area contributed by atoms with Crippen LogP contribution in [0.2, 0.25) is 5.02 Å². The third-order valence-corrected chi connectivity index (χ3v) is 4.72. The fraction of sp³-hybridized carbons (Fsp3) is 0.571. The Hall–Kier alpha value is -0.180. The second kappa shape index (κ2) is 6.67. The number of benzene rings is 1. The molecule has 94 valence electrons. The molecule has 1 atom stereocenters. The first-order valence-electron chi connectivity index (χ1n) is 6.33. The molecular weight excluding hydrogens is 250 g/mol. The second-order valence-electron chi connectivity index (χ2n) is 4.77. The molecule has 3 heteroatoms. The van der Waals surface area contributed by atoms with E-state index >= 15 is 0 Å². The molecule has 1 nitrogen and oxygen atoms in total. The summed E-state index contributed by atoms with van der Waals surface area (Å²) in [4.78, 5) is 1.31. The summed E-state index contributed by atoms with van der Waals surface area (Å²) in [6.07, 6.45) is 5.62. The minimum atomic E-state index is 0.635. The molecule has 1 aliphatic rings. The van der Waals surface area contributed by atoms with Crippen LogP contribution in [-0.2, 0) is 0 Å². The first-order valence-corrected chi connectivity index (χ1v) is 7.70. The summed E-state index contributed by atoms with van der Waals surface area (Å²) in [5.41, 5.74) is 0. The summed E-state index contributed by atoms with van der Waals surface area (Å²) < 4.78 is 0. The number of nitrogens with one attached hydrogen (secondary N) is 1. The fourth-order valence-electron chi connectivity index (χ4n) is 1.88. The van der Waals surface area contributed by atoms with Gasteiger partial charge in [-0.2, -0.15) is 0 Å². The Morgan fingerprint density at radius 1 is 1.35 bits per heavy atom. The van der Waals surface area contributed by atoms with E-state index in [1.54, 1.807) is 0 Å². The smallest absolute Gasteiger partial charge is 0.0406 e. The lowest BCUT2D eigenvalue weighted by molar-refractivity contribution is 0.526. The van der Waals surface area contributed by atoms with Crippen molar-refractivity contribution >= 4 is 23.4 Å². The standard InChI is InChI=1S/C14H20ClNS/c1-16-13(7-4-11-2-3-11)10-17-14-8-5-12(15)6-9-14/h5-6,8-9,11,13,16H,2-4,7,10H2,1H3. The molecule has 1 saturated carbocycles. The first kappa shape index (κ1) is 13.3. The van der Waals surface area contributed by atoms with Crippen molar-refractivity contribution in [1.29, 1.82) is 0 Å². The molecule has 1 unspecified atom stereocenters. The van der Waals surface area contributed by atoms with Crippen molar-refractivity contribution in [3.8, 4) is 0 Å². The molecule has 1 fully saturated rings. The van der Waals surface area contributed by atoms with Crippen LogP contribution in [0.3, 0.4) is 0 Å². The molecule has 0 amide bonds. The Labute approximate surface area is 113 Å². The Kier molecular flexibility index (Phi) is 5.20. The van der Waals surface area contributed by atoms with E-state index in [0.29, 0.717) is 6.04 Å². The van der Waals surface area contributed by atoms with Gasteiger partial charge in [-0.25, -0.2) is 0 Å². The highest BCUT2D eigenvalue weighted by atomic mass is 35.5. The Bertz CT molecular complexity index is 335. The molecule has 0 heterocycles. The molecule has 17 heavy (non-hydrogen) atoms. The van der Waals surface area contributed by atoms with Crippen molar-refractivity contribution in [2.75, 3.05) is 12.8 Å². The van der Waals surface area contributed by atoms with Crippen molar-refractivity contribution in [2.45, 2.75) is 36.6 Å². The van der Waals surface area contributed by atoms with Gasteiger partial charge in [0.2, 0.25) is 0 Å². The predicted molar refractivity (Wildman–Crippen MR) is 77.0 cm³/mol. The van der Waals surface area contributed by atoms with Crippen LogP contribution < -0.4 is 5.32 Å². The van der Waals surface area contributed by atoms with Gasteiger partial charge in [0.15, 0.2) is 0 Å². The van der Waals surface area contributed by atoms with Gasteiger partial charge in [-0.1, -0.05) is 24.4 Å². The van der Waals surface area contributed by atoms with E-state index in [1.165, 1.54) is 30.6 Å². The van der Waals surface area contributed by atoms with E-state index in [9.17, 15) is 0 Å². The molecule has 0 radical (unpaired) electrons. The van der Waals surface area contributed by atoms with E-state index in [2.05, 4.69) is 24.5 Å². The number of rotatable bonds is 7. The highest BCUT2D eigenvalue weighted by molar-refractivity contribution is 7.99. The van der Waals surface area contributed by atoms with Crippen molar-refractivity contribution < 1.29 is 0 Å². The molecular formula is C14H20ClNS. The van der Waals surface area contributed by atoms with Crippen molar-refractivity contribution in [3.63, 3.8) is 0 Å². The quantitative estimate of drug-likeness (QED) is 0.744. The monoisotopic (exact) mass is 269 g/mol. The maximum Gasteiger partial charge on any atom is 0.0406 e. The van der Waals surface area contributed by atoms with Crippen LogP contribution in [-0.4, -0.2) is 18.8 Å². The fourth-order valence-corrected chi connectivity index (χ4v) is 3.06. The van der Waals surface area contributed by atoms with Crippen LogP contribution in [0.4, 0.5) is 0 Å². The summed E-state index contributed by atoms with van der Waals surface area (Å²) in [7, 11) is 2.07. The molecule has 1 aromatic carbocycles. The number of thioether (sulfide) groups is 1. The second-order valence-corrected chi connectivity index (χ2v) is 6.30. The summed E-state index contributed by atoms with van der Waals surface area (Å²) >= 11 is 7.78. The molecule has 0 bridgehead atoms. The molecule has 1 aromatic rings. The Morgan fingerprint density at radius 2 is 2.06 bits per heavy atom. The predicted octanol–water partition coefficient (Wildman–Crippen LogP) is 4.21. The van der Waals surface area contributed by atoms with E-state index < -0.39 is 0 Å². The van der Waals surface area contributed by atoms with E-state index in [-0.39, 0.29) is 0 Å². The summed E-state index contributed by atoms with van der Waals surface area (Å²) in [6, 6.07) is 8.75. The van der Waals surface area contributed by atoms with Crippen molar-refractivity contribution in [1.82, 2.24) is 5.32 Å². The summed E-state index contributed by atoms with van der Waals surface area (Å²) in [5.74, 6) is 2.18. The van der Waals surface area contributed by atoms with Gasteiger partial charge >= 0.3 is 0 Å². The van der Waals surface area contributed by atoms with Crippen LogP contribution in [0, 0.1) is 5.92 Å². The maximum absolute atomic E-state index is 5.87. The van der Waals surface area contributed by atoms with Gasteiger partial charge in [0.1, 0.15) is 0 Å². The summed E-state index contributed by atoms with van der Waals surface area (Å²) in [6.45, 7) is 0. The molecule has 1 N–H and O–H groups in total. The molecule has 0 saturated heterocycles. The first-order chi connectivity index (χ1) is 8.28. The molecule has 0 spiro atoms. The van der Waals surface area contributed by atoms with E-state index in [0.717, 1.165) is 16.7 Å². The number of hydrogen-bond acceptors (Lipinski definition) is 2. The van der Waals surface area contributed by atoms with Crippen LogP contribution in [0.15, 0.2) is 29.2 Å². The van der Waals surface area contributed by atoms with Crippen LogP contribution in [0.25, 0.3) is 0 Å². The van der Waals surface area contributed by atoms with Gasteiger partial charge < -0.3 is 5.32 Å². The van der Waals surface area contributed by atoms with E-state index in [4.69, 9.17) is 11.6 Å². The maximum atomic E-state index is 5.87. The van der Waals surface area contributed by atoms with Gasteiger partial charge in [-0.05, 0) is 50.1 Å². The van der Waals surface area contributed by atoms with Crippen molar-refractivity contribution in [2.24, 2.45) is 5.92 Å². The lowest BCUT2D eigenvalue weighted by Gasteiger charge is -2.15. The van der Waals surface area contributed by atoms with Gasteiger partial charge in [0.25, 0.3) is 0 Å². The molecule has 1 aliphatic carbocycles. The summed E-state index contributed by atoms with van der Waals surface area (Å²) in [5, 5.41) is 4.23. The van der Waals surface area contributed by atoms with Gasteiger partial charge in [0, 0.05) is 21.7 Å². The Morgan fingerprint density at radius 3 is 2.65 bits per heavy atom. The minimum absolute atomic E-state index is 0.635. The highest BCUT2D eigenvalue weighted by Crippen LogP contribution is 2.34. The van der Waals surface area contributed by atoms with Crippen LogP contribution >= 0.6 is 23.4 Å². The highest BCUT2D eigenvalue weighted by Gasteiger charge is 2.22.